The Bertz CT molecular complexity index is 901. The Labute approximate surface area is 156 Å². The lowest BCUT2D eigenvalue weighted by Crippen LogP contribution is -2.30. The van der Waals surface area contributed by atoms with Crippen LogP contribution in [0.15, 0.2) is 53.4 Å². The molecule has 0 aromatic heterocycles. The second kappa shape index (κ2) is 8.79. The Balaban J connectivity index is 1.94. The number of carbonyl (C=O) groups is 2. The predicted octanol–water partition coefficient (Wildman–Crippen LogP) is 2.32. The highest BCUT2D eigenvalue weighted by Gasteiger charge is 2.18. The van der Waals surface area contributed by atoms with Gasteiger partial charge in [0.1, 0.15) is 13.2 Å². The molecular weight excluding hydrogens is 380 g/mol. The molecule has 0 bridgehead atoms. The van der Waals surface area contributed by atoms with Gasteiger partial charge in [-0.05, 0) is 23.8 Å². The molecule has 0 aliphatic heterocycles. The number of hydrogen-bond donors (Lipinski definition) is 2. The maximum Gasteiger partial charge on any atom is 0.321 e. The largest absolute Gasteiger partial charge is 0.460 e. The van der Waals surface area contributed by atoms with Gasteiger partial charge in [-0.1, -0.05) is 41.9 Å². The molecular formula is C17H17ClN2O5S. The molecule has 0 aliphatic rings. The molecule has 1 amide bonds. The average molecular weight is 397 g/mol. The predicted molar refractivity (Wildman–Crippen MR) is 97.2 cm³/mol. The maximum atomic E-state index is 12.2. The number of ether oxygens (including phenoxy) is 1. The fourth-order valence-electron chi connectivity index (χ4n) is 1.98. The first-order chi connectivity index (χ1) is 12.3. The molecule has 0 aliphatic carbocycles. The number of carbonyl (C=O) groups excluding carboxylic acids is 2. The number of nitrogens with one attached hydrogen (secondary N) is 2. The summed E-state index contributed by atoms with van der Waals surface area (Å²) in [5.74, 6) is -1.04. The monoisotopic (exact) mass is 396 g/mol. The van der Waals surface area contributed by atoms with Crippen molar-refractivity contribution in [3.63, 3.8) is 0 Å². The number of benzene rings is 2. The van der Waals surface area contributed by atoms with Crippen molar-refractivity contribution in [2.75, 3.05) is 11.9 Å². The van der Waals surface area contributed by atoms with E-state index in [0.717, 1.165) is 5.56 Å². The highest BCUT2D eigenvalue weighted by Crippen LogP contribution is 2.25. The van der Waals surface area contributed by atoms with E-state index < -0.39 is 22.5 Å². The first-order valence-corrected chi connectivity index (χ1v) is 9.40. The van der Waals surface area contributed by atoms with Gasteiger partial charge in [-0.3, -0.25) is 9.59 Å². The zero-order valence-electron chi connectivity index (χ0n) is 13.9. The number of amides is 1. The van der Waals surface area contributed by atoms with Crippen molar-refractivity contribution in [2.24, 2.45) is 0 Å². The number of anilines is 1. The van der Waals surface area contributed by atoms with Crippen molar-refractivity contribution in [2.45, 2.75) is 18.4 Å². The van der Waals surface area contributed by atoms with E-state index in [-0.39, 0.29) is 22.4 Å². The zero-order valence-corrected chi connectivity index (χ0v) is 15.4. The van der Waals surface area contributed by atoms with E-state index in [9.17, 15) is 18.0 Å². The summed E-state index contributed by atoms with van der Waals surface area (Å²) in [6.45, 7) is 0.850. The Morgan fingerprint density at radius 2 is 1.81 bits per heavy atom. The van der Waals surface area contributed by atoms with E-state index in [2.05, 4.69) is 10.0 Å². The smallest absolute Gasteiger partial charge is 0.321 e. The Kier molecular flexibility index (Phi) is 6.73. The van der Waals surface area contributed by atoms with Crippen LogP contribution in [0.5, 0.6) is 0 Å². The van der Waals surface area contributed by atoms with Gasteiger partial charge in [0.25, 0.3) is 0 Å². The van der Waals surface area contributed by atoms with Crippen LogP contribution < -0.4 is 10.0 Å². The van der Waals surface area contributed by atoms with Crippen LogP contribution in [0.25, 0.3) is 0 Å². The van der Waals surface area contributed by atoms with Crippen LogP contribution in [0.1, 0.15) is 12.5 Å². The second-order valence-electron chi connectivity index (χ2n) is 5.29. The minimum absolute atomic E-state index is 0.0542. The summed E-state index contributed by atoms with van der Waals surface area (Å²) in [5.41, 5.74) is 1.09. The molecule has 2 aromatic rings. The van der Waals surface area contributed by atoms with Crippen molar-refractivity contribution in [3.05, 3.63) is 59.1 Å². The maximum absolute atomic E-state index is 12.2. The third-order valence-electron chi connectivity index (χ3n) is 3.21. The number of hydrogen-bond acceptors (Lipinski definition) is 5. The topological polar surface area (TPSA) is 102 Å². The summed E-state index contributed by atoms with van der Waals surface area (Å²) < 4.78 is 31.6. The SMILES string of the molecule is CC(=O)Nc1ccc(S(=O)(=O)NCC(=O)OCc2ccccc2)cc1Cl. The van der Waals surface area contributed by atoms with Crippen LogP contribution in [0.2, 0.25) is 5.02 Å². The van der Waals surface area contributed by atoms with E-state index >= 15 is 0 Å². The molecule has 2 aromatic carbocycles. The van der Waals surface area contributed by atoms with E-state index in [4.69, 9.17) is 16.3 Å². The van der Waals surface area contributed by atoms with Gasteiger partial charge in [0.05, 0.1) is 15.6 Å². The van der Waals surface area contributed by atoms with Gasteiger partial charge in [-0.25, -0.2) is 8.42 Å². The fraction of sp³-hybridized carbons (Fsp3) is 0.176. The Hall–Kier alpha value is -2.42. The van der Waals surface area contributed by atoms with Crippen molar-refractivity contribution in [3.8, 4) is 0 Å². The van der Waals surface area contributed by atoms with Gasteiger partial charge in [0.15, 0.2) is 0 Å². The van der Waals surface area contributed by atoms with Crippen molar-refractivity contribution < 1.29 is 22.7 Å². The van der Waals surface area contributed by atoms with Gasteiger partial charge in [0.2, 0.25) is 15.9 Å². The lowest BCUT2D eigenvalue weighted by molar-refractivity contribution is -0.143. The van der Waals surface area contributed by atoms with Crippen LogP contribution in [-0.4, -0.2) is 26.8 Å². The number of esters is 1. The van der Waals surface area contributed by atoms with Gasteiger partial charge >= 0.3 is 5.97 Å². The highest BCUT2D eigenvalue weighted by molar-refractivity contribution is 7.89. The van der Waals surface area contributed by atoms with Crippen molar-refractivity contribution >= 4 is 39.2 Å². The van der Waals surface area contributed by atoms with E-state index in [0.29, 0.717) is 5.69 Å². The summed E-state index contributed by atoms with van der Waals surface area (Å²) in [7, 11) is -3.95. The minimum Gasteiger partial charge on any atom is -0.460 e. The molecule has 2 rings (SSSR count). The molecule has 0 saturated carbocycles. The summed E-state index contributed by atoms with van der Waals surface area (Å²) in [6, 6.07) is 12.8. The summed E-state index contributed by atoms with van der Waals surface area (Å²) >= 11 is 5.96. The van der Waals surface area contributed by atoms with Crippen LogP contribution in [0, 0.1) is 0 Å². The molecule has 138 valence electrons. The Morgan fingerprint density at radius 3 is 2.42 bits per heavy atom. The quantitative estimate of drug-likeness (QED) is 0.699. The highest BCUT2D eigenvalue weighted by atomic mass is 35.5. The molecule has 0 radical (unpaired) electrons. The standard InChI is InChI=1S/C17H17ClN2O5S/c1-12(21)20-16-8-7-14(9-15(16)18)26(23,24)19-10-17(22)25-11-13-5-3-2-4-6-13/h2-9,19H,10-11H2,1H3,(H,20,21). The van der Waals surface area contributed by atoms with Crippen LogP contribution in [-0.2, 0) is 31.0 Å². The Morgan fingerprint density at radius 1 is 1.12 bits per heavy atom. The fourth-order valence-corrected chi connectivity index (χ4v) is 3.27. The van der Waals surface area contributed by atoms with Gasteiger partial charge in [0, 0.05) is 6.92 Å². The molecule has 0 unspecified atom stereocenters. The van der Waals surface area contributed by atoms with Gasteiger partial charge < -0.3 is 10.1 Å². The van der Waals surface area contributed by atoms with Crippen molar-refractivity contribution in [1.29, 1.82) is 0 Å². The minimum atomic E-state index is -3.95. The molecule has 2 N–H and O–H groups in total. The van der Waals surface area contributed by atoms with Crippen LogP contribution in [0.4, 0.5) is 5.69 Å². The number of rotatable bonds is 7. The van der Waals surface area contributed by atoms with Gasteiger partial charge in [-0.15, -0.1) is 0 Å². The first kappa shape index (κ1) is 19.9. The van der Waals surface area contributed by atoms with Gasteiger partial charge in [-0.2, -0.15) is 4.72 Å². The van der Waals surface area contributed by atoms with Crippen molar-refractivity contribution in [1.82, 2.24) is 4.72 Å². The normalized spacial score (nSPS) is 11.0. The molecule has 9 heteroatoms. The second-order valence-corrected chi connectivity index (χ2v) is 7.47. The number of sulfonamides is 1. The molecule has 0 saturated heterocycles. The number of halogens is 1. The molecule has 0 atom stereocenters. The zero-order chi connectivity index (χ0) is 19.2. The molecule has 26 heavy (non-hydrogen) atoms. The van der Waals surface area contributed by atoms with E-state index in [1.165, 1.54) is 25.1 Å². The third-order valence-corrected chi connectivity index (χ3v) is 4.92. The van der Waals surface area contributed by atoms with E-state index in [1.807, 2.05) is 6.07 Å². The molecule has 0 spiro atoms. The third kappa shape index (κ3) is 5.83. The van der Waals surface area contributed by atoms with Crippen LogP contribution >= 0.6 is 11.6 Å². The summed E-state index contributed by atoms with van der Waals surface area (Å²) in [4.78, 5) is 22.6. The molecule has 0 heterocycles. The molecule has 7 nitrogen and oxygen atoms in total. The average Bonchev–Trinajstić information content (AvgIpc) is 2.60. The lowest BCUT2D eigenvalue weighted by Gasteiger charge is -2.10. The van der Waals surface area contributed by atoms with Crippen LogP contribution in [0.3, 0.4) is 0 Å². The molecule has 0 fully saturated rings. The summed E-state index contributed by atoms with van der Waals surface area (Å²) in [5, 5.41) is 2.54. The van der Waals surface area contributed by atoms with E-state index in [1.54, 1.807) is 24.3 Å². The summed E-state index contributed by atoms with van der Waals surface area (Å²) in [6.07, 6.45) is 0. The lowest BCUT2D eigenvalue weighted by atomic mass is 10.2. The first-order valence-electron chi connectivity index (χ1n) is 7.54.